The molecule has 2 N–H and O–H groups in total. The monoisotopic (exact) mass is 306 g/mol. The molecule has 3 rings (SSSR count). The van der Waals surface area contributed by atoms with Crippen LogP contribution in [0.15, 0.2) is 65.5 Å². The fraction of sp³-hybridized carbons (Fsp3) is 0.158. The second-order valence-corrected chi connectivity index (χ2v) is 5.61. The number of nitrogens with one attached hydrogen (secondary N) is 2. The maximum Gasteiger partial charge on any atom is 0.252 e. The number of H-pyrrole nitrogens is 1. The quantitative estimate of drug-likeness (QED) is 0.778. The van der Waals surface area contributed by atoms with Gasteiger partial charge in [-0.1, -0.05) is 55.5 Å². The molecule has 23 heavy (non-hydrogen) atoms. The first kappa shape index (κ1) is 15.0. The van der Waals surface area contributed by atoms with E-state index < -0.39 is 0 Å². The average molecular weight is 306 g/mol. The highest BCUT2D eigenvalue weighted by Crippen LogP contribution is 2.16. The molecular formula is C19H18N2O2. The standard InChI is InChI=1S/C19H18N2O2/c1-13(14-7-3-2-4-8-14)12-20-19(23)16-11-18(22)21-17-10-6-5-9-15(16)17/h2-11,13H,12H2,1H3,(H,20,23)(H,21,22)/t13-/m1/s1. The molecule has 0 aliphatic carbocycles. The molecule has 1 aromatic heterocycles. The fourth-order valence-corrected chi connectivity index (χ4v) is 2.63. The van der Waals surface area contributed by atoms with E-state index in [1.807, 2.05) is 48.5 Å². The van der Waals surface area contributed by atoms with E-state index in [4.69, 9.17) is 0 Å². The molecule has 0 spiro atoms. The second-order valence-electron chi connectivity index (χ2n) is 5.61. The number of amides is 1. The lowest BCUT2D eigenvalue weighted by atomic mass is 10.0. The van der Waals surface area contributed by atoms with Gasteiger partial charge in [0.2, 0.25) is 5.56 Å². The predicted molar refractivity (Wildman–Crippen MR) is 91.8 cm³/mol. The Morgan fingerprint density at radius 2 is 1.78 bits per heavy atom. The van der Waals surface area contributed by atoms with E-state index in [9.17, 15) is 9.59 Å². The third kappa shape index (κ3) is 3.31. The number of carbonyl (C=O) groups excluding carboxylic acids is 1. The van der Waals surface area contributed by atoms with E-state index in [2.05, 4.69) is 17.2 Å². The summed E-state index contributed by atoms with van der Waals surface area (Å²) < 4.78 is 0. The Labute approximate surface area is 134 Å². The van der Waals surface area contributed by atoms with Crippen molar-refractivity contribution in [1.82, 2.24) is 10.3 Å². The number of rotatable bonds is 4. The molecule has 0 radical (unpaired) electrons. The number of carbonyl (C=O) groups is 1. The van der Waals surface area contributed by atoms with Crippen molar-refractivity contribution in [2.24, 2.45) is 0 Å². The van der Waals surface area contributed by atoms with Crippen LogP contribution in [0.3, 0.4) is 0 Å². The van der Waals surface area contributed by atoms with Gasteiger partial charge in [0.1, 0.15) is 0 Å². The first-order chi connectivity index (χ1) is 11.1. The van der Waals surface area contributed by atoms with Gasteiger partial charge in [-0.2, -0.15) is 0 Å². The molecule has 4 heteroatoms. The minimum atomic E-state index is -0.273. The number of para-hydroxylation sites is 1. The van der Waals surface area contributed by atoms with Gasteiger partial charge in [-0.25, -0.2) is 0 Å². The summed E-state index contributed by atoms with van der Waals surface area (Å²) >= 11 is 0. The number of aromatic amines is 1. The molecule has 1 amide bonds. The fourth-order valence-electron chi connectivity index (χ4n) is 2.63. The lowest BCUT2D eigenvalue weighted by Crippen LogP contribution is -2.28. The van der Waals surface area contributed by atoms with Crippen LogP contribution >= 0.6 is 0 Å². The number of pyridine rings is 1. The zero-order valence-corrected chi connectivity index (χ0v) is 12.9. The highest BCUT2D eigenvalue weighted by Gasteiger charge is 2.13. The zero-order chi connectivity index (χ0) is 16.2. The van der Waals surface area contributed by atoms with Gasteiger partial charge in [0.15, 0.2) is 0 Å². The van der Waals surface area contributed by atoms with Crippen molar-refractivity contribution in [3.05, 3.63) is 82.1 Å². The van der Waals surface area contributed by atoms with E-state index in [0.717, 1.165) is 5.39 Å². The summed E-state index contributed by atoms with van der Waals surface area (Å²) in [5.41, 5.74) is 1.97. The third-order valence-electron chi connectivity index (χ3n) is 3.93. The molecule has 0 bridgehead atoms. The topological polar surface area (TPSA) is 62.0 Å². The van der Waals surface area contributed by atoms with Crippen molar-refractivity contribution in [3.8, 4) is 0 Å². The molecule has 0 fully saturated rings. The van der Waals surface area contributed by atoms with Crippen LogP contribution in [-0.2, 0) is 0 Å². The number of hydrogen-bond donors (Lipinski definition) is 2. The first-order valence-corrected chi connectivity index (χ1v) is 7.60. The van der Waals surface area contributed by atoms with Gasteiger partial charge >= 0.3 is 0 Å². The Morgan fingerprint density at radius 3 is 2.57 bits per heavy atom. The molecule has 0 aliphatic rings. The SMILES string of the molecule is C[C@H](CNC(=O)c1cc(=O)[nH]c2ccccc12)c1ccccc1. The van der Waals surface area contributed by atoms with Gasteiger partial charge < -0.3 is 10.3 Å². The van der Waals surface area contributed by atoms with E-state index in [1.165, 1.54) is 11.6 Å². The molecule has 0 saturated carbocycles. The van der Waals surface area contributed by atoms with Crippen molar-refractivity contribution >= 4 is 16.8 Å². The van der Waals surface area contributed by atoms with Crippen molar-refractivity contribution in [2.75, 3.05) is 6.54 Å². The lowest BCUT2D eigenvalue weighted by Gasteiger charge is -2.13. The summed E-state index contributed by atoms with van der Waals surface area (Å²) in [6.07, 6.45) is 0. The van der Waals surface area contributed by atoms with Gasteiger partial charge in [-0.3, -0.25) is 9.59 Å². The molecular weight excluding hydrogens is 288 g/mol. The smallest absolute Gasteiger partial charge is 0.252 e. The van der Waals surface area contributed by atoms with Crippen LogP contribution in [0.4, 0.5) is 0 Å². The zero-order valence-electron chi connectivity index (χ0n) is 12.9. The number of hydrogen-bond acceptors (Lipinski definition) is 2. The highest BCUT2D eigenvalue weighted by molar-refractivity contribution is 6.05. The van der Waals surface area contributed by atoms with Crippen molar-refractivity contribution < 1.29 is 4.79 Å². The van der Waals surface area contributed by atoms with E-state index in [1.54, 1.807) is 6.07 Å². The minimum absolute atomic E-state index is 0.202. The Morgan fingerprint density at radius 1 is 1.09 bits per heavy atom. The number of aromatic nitrogens is 1. The van der Waals surface area contributed by atoms with Crippen molar-refractivity contribution in [3.63, 3.8) is 0 Å². The molecule has 116 valence electrons. The average Bonchev–Trinajstić information content (AvgIpc) is 2.59. The molecule has 4 nitrogen and oxygen atoms in total. The number of fused-ring (bicyclic) bond motifs is 1. The second kappa shape index (κ2) is 6.48. The third-order valence-corrected chi connectivity index (χ3v) is 3.93. The summed E-state index contributed by atoms with van der Waals surface area (Å²) in [7, 11) is 0. The van der Waals surface area contributed by atoms with E-state index >= 15 is 0 Å². The van der Waals surface area contributed by atoms with E-state index in [0.29, 0.717) is 17.6 Å². The van der Waals surface area contributed by atoms with Crippen LogP contribution in [-0.4, -0.2) is 17.4 Å². The summed E-state index contributed by atoms with van der Waals surface area (Å²) in [6.45, 7) is 2.58. The molecule has 1 heterocycles. The van der Waals surface area contributed by atoms with Gasteiger partial charge in [-0.05, 0) is 17.5 Å². The molecule has 3 aromatic rings. The number of benzene rings is 2. The van der Waals surface area contributed by atoms with Crippen molar-refractivity contribution in [1.29, 1.82) is 0 Å². The van der Waals surface area contributed by atoms with E-state index in [-0.39, 0.29) is 17.4 Å². The van der Waals surface area contributed by atoms with Gasteiger partial charge in [0, 0.05) is 23.5 Å². The Kier molecular flexibility index (Phi) is 4.24. The van der Waals surface area contributed by atoms with Crippen LogP contribution in [0.2, 0.25) is 0 Å². The van der Waals surface area contributed by atoms with Crippen LogP contribution in [0.5, 0.6) is 0 Å². The predicted octanol–water partition coefficient (Wildman–Crippen LogP) is 3.06. The molecule has 1 atom stereocenters. The van der Waals surface area contributed by atoms with Gasteiger partial charge in [-0.15, -0.1) is 0 Å². The van der Waals surface area contributed by atoms with Crippen molar-refractivity contribution in [2.45, 2.75) is 12.8 Å². The van der Waals surface area contributed by atoms with Gasteiger partial charge in [0.05, 0.1) is 5.56 Å². The molecule has 0 saturated heterocycles. The molecule has 0 aliphatic heterocycles. The Bertz CT molecular complexity index is 885. The Balaban J connectivity index is 1.80. The molecule has 0 unspecified atom stereocenters. The maximum absolute atomic E-state index is 12.5. The lowest BCUT2D eigenvalue weighted by molar-refractivity contribution is 0.0953. The van der Waals surface area contributed by atoms with Crippen LogP contribution in [0.25, 0.3) is 10.9 Å². The van der Waals surface area contributed by atoms with Crippen LogP contribution in [0.1, 0.15) is 28.8 Å². The minimum Gasteiger partial charge on any atom is -0.351 e. The summed E-state index contributed by atoms with van der Waals surface area (Å²) in [5.74, 6) is -0.0245. The maximum atomic E-state index is 12.5. The van der Waals surface area contributed by atoms with Gasteiger partial charge in [0.25, 0.3) is 5.91 Å². The first-order valence-electron chi connectivity index (χ1n) is 7.60. The summed E-state index contributed by atoms with van der Waals surface area (Å²) in [4.78, 5) is 27.0. The summed E-state index contributed by atoms with van der Waals surface area (Å²) in [5, 5.41) is 3.67. The molecule has 2 aromatic carbocycles. The largest absolute Gasteiger partial charge is 0.351 e. The van der Waals surface area contributed by atoms with Crippen LogP contribution < -0.4 is 10.9 Å². The Hall–Kier alpha value is -2.88. The highest BCUT2D eigenvalue weighted by atomic mass is 16.2. The summed E-state index contributed by atoms with van der Waals surface area (Å²) in [6, 6.07) is 18.7. The van der Waals surface area contributed by atoms with Crippen LogP contribution in [0, 0.1) is 0 Å². The normalized spacial score (nSPS) is 12.0.